The summed E-state index contributed by atoms with van der Waals surface area (Å²) in [6.07, 6.45) is 8.21. The number of aromatic nitrogens is 1. The van der Waals surface area contributed by atoms with Crippen molar-refractivity contribution in [2.45, 2.75) is 12.8 Å². The van der Waals surface area contributed by atoms with Gasteiger partial charge in [-0.1, -0.05) is 11.6 Å². The summed E-state index contributed by atoms with van der Waals surface area (Å²) in [5.74, 6) is -0.880. The van der Waals surface area contributed by atoms with Gasteiger partial charge < -0.3 is 14.6 Å². The topological polar surface area (TPSA) is 45.5 Å². The van der Waals surface area contributed by atoms with Gasteiger partial charge in [0.25, 0.3) is 0 Å². The highest BCUT2D eigenvalue weighted by Crippen LogP contribution is 2.37. The van der Waals surface area contributed by atoms with Crippen molar-refractivity contribution in [1.29, 1.82) is 0 Å². The van der Waals surface area contributed by atoms with Gasteiger partial charge in [0, 0.05) is 31.1 Å². The van der Waals surface area contributed by atoms with Crippen LogP contribution in [0.4, 0.5) is 0 Å². The van der Waals surface area contributed by atoms with Crippen LogP contribution in [0.3, 0.4) is 0 Å². The number of rotatable bonds is 1. The molecule has 0 aliphatic carbocycles. The summed E-state index contributed by atoms with van der Waals surface area (Å²) < 4.78 is 2.13. The summed E-state index contributed by atoms with van der Waals surface area (Å²) in [5, 5.41) is 9.40. The minimum atomic E-state index is -0.880. The van der Waals surface area contributed by atoms with Crippen molar-refractivity contribution in [2.75, 3.05) is 20.1 Å². The second-order valence-electron chi connectivity index (χ2n) is 6.51. The van der Waals surface area contributed by atoms with E-state index in [9.17, 15) is 9.90 Å². The van der Waals surface area contributed by atoms with E-state index in [4.69, 9.17) is 0 Å². The number of fused-ring (bicyclic) bond motifs is 2. The lowest BCUT2D eigenvalue weighted by molar-refractivity contribution is 0.0697. The first kappa shape index (κ1) is 17.5. The van der Waals surface area contributed by atoms with Gasteiger partial charge in [0.05, 0.1) is 11.3 Å². The van der Waals surface area contributed by atoms with Crippen LogP contribution in [0.5, 0.6) is 0 Å². The third kappa shape index (κ3) is 3.15. The van der Waals surface area contributed by atoms with Gasteiger partial charge in [0.2, 0.25) is 0 Å². The number of carboxylic acid groups (broad SMARTS) is 1. The molecule has 1 saturated heterocycles. The van der Waals surface area contributed by atoms with E-state index in [1.165, 1.54) is 11.1 Å². The largest absolute Gasteiger partial charge is 0.478 e. The highest BCUT2D eigenvalue weighted by Gasteiger charge is 2.22. The average Bonchev–Trinajstić information content (AvgIpc) is 2.98. The van der Waals surface area contributed by atoms with E-state index in [0.717, 1.165) is 42.8 Å². The monoisotopic (exact) mass is 356 g/mol. The third-order valence-corrected chi connectivity index (χ3v) is 4.96. The first-order chi connectivity index (χ1) is 11.6. The molecule has 0 saturated carbocycles. The molecule has 0 unspecified atom stereocenters. The molecule has 4 nitrogen and oxygen atoms in total. The fourth-order valence-electron chi connectivity index (χ4n) is 3.60. The lowest BCUT2D eigenvalue weighted by atomic mass is 9.88. The van der Waals surface area contributed by atoms with Crippen molar-refractivity contribution in [3.8, 4) is 0 Å². The van der Waals surface area contributed by atoms with Crippen LogP contribution in [0.25, 0.3) is 17.8 Å². The maximum Gasteiger partial charge on any atom is 0.335 e. The second-order valence-corrected chi connectivity index (χ2v) is 6.51. The second kappa shape index (κ2) is 6.90. The molecule has 2 aliphatic rings. The van der Waals surface area contributed by atoms with Gasteiger partial charge in [-0.2, -0.15) is 0 Å². The van der Waals surface area contributed by atoms with Crippen molar-refractivity contribution in [3.05, 3.63) is 64.5 Å². The van der Waals surface area contributed by atoms with Crippen LogP contribution in [0, 0.1) is 0 Å². The molecule has 4 rings (SSSR count). The molecule has 1 fully saturated rings. The fourth-order valence-corrected chi connectivity index (χ4v) is 3.60. The normalized spacial score (nSPS) is 16.7. The molecular formula is C20H21ClN2O2. The molecule has 130 valence electrons. The SMILES string of the molecule is CN1CCC(=C2c3cc(C(=O)O)ccc3C=Cn3cccc32)CC1.Cl. The van der Waals surface area contributed by atoms with E-state index in [0.29, 0.717) is 5.56 Å². The number of piperidine rings is 1. The van der Waals surface area contributed by atoms with Gasteiger partial charge in [0.15, 0.2) is 0 Å². The average molecular weight is 357 g/mol. The Morgan fingerprint density at radius 2 is 1.92 bits per heavy atom. The van der Waals surface area contributed by atoms with Gasteiger partial charge in [-0.25, -0.2) is 4.79 Å². The zero-order valence-electron chi connectivity index (χ0n) is 14.1. The number of halogens is 1. The van der Waals surface area contributed by atoms with E-state index in [-0.39, 0.29) is 12.4 Å². The number of likely N-dealkylation sites (tertiary alicyclic amines) is 1. The summed E-state index contributed by atoms with van der Waals surface area (Å²) in [6.45, 7) is 2.09. The van der Waals surface area contributed by atoms with Crippen molar-refractivity contribution in [3.63, 3.8) is 0 Å². The molecule has 1 aromatic carbocycles. The molecule has 1 aromatic heterocycles. The number of hydrogen-bond donors (Lipinski definition) is 1. The Balaban J connectivity index is 0.00000182. The van der Waals surface area contributed by atoms with Crippen molar-refractivity contribution < 1.29 is 9.90 Å². The molecule has 0 atom stereocenters. The van der Waals surface area contributed by atoms with E-state index in [1.54, 1.807) is 6.07 Å². The molecule has 5 heteroatoms. The van der Waals surface area contributed by atoms with Crippen LogP contribution in [0.2, 0.25) is 0 Å². The lowest BCUT2D eigenvalue weighted by Crippen LogP contribution is -2.27. The Morgan fingerprint density at radius 1 is 1.16 bits per heavy atom. The van der Waals surface area contributed by atoms with E-state index in [2.05, 4.69) is 34.9 Å². The van der Waals surface area contributed by atoms with Crippen LogP contribution in [-0.4, -0.2) is 40.7 Å². The Kier molecular flexibility index (Phi) is 4.84. The van der Waals surface area contributed by atoms with Crippen LogP contribution >= 0.6 is 12.4 Å². The number of benzene rings is 1. The molecule has 2 aliphatic heterocycles. The number of nitrogens with zero attached hydrogens (tertiary/aromatic N) is 2. The molecular weight excluding hydrogens is 336 g/mol. The van der Waals surface area contributed by atoms with Gasteiger partial charge in [-0.15, -0.1) is 12.4 Å². The Labute approximate surface area is 153 Å². The standard InChI is InChI=1S/C20H20N2O2.ClH/c1-21-10-6-15(7-11-21)19-17-13-16(20(23)24)5-4-14(17)8-12-22-9-2-3-18(19)22;/h2-5,8-9,12-13H,6-7,10-11H2,1H3,(H,23,24);1H. The van der Waals surface area contributed by atoms with Crippen LogP contribution in [-0.2, 0) is 0 Å². The highest BCUT2D eigenvalue weighted by molar-refractivity contribution is 5.94. The quantitative estimate of drug-likeness (QED) is 0.714. The maximum atomic E-state index is 11.4. The number of carbonyl (C=O) groups is 1. The van der Waals surface area contributed by atoms with E-state index in [1.807, 2.05) is 24.4 Å². The summed E-state index contributed by atoms with van der Waals surface area (Å²) in [4.78, 5) is 13.8. The summed E-state index contributed by atoms with van der Waals surface area (Å²) in [6, 6.07) is 9.58. The third-order valence-electron chi connectivity index (χ3n) is 4.96. The summed E-state index contributed by atoms with van der Waals surface area (Å²) in [5.41, 5.74) is 6.21. The minimum absolute atomic E-state index is 0. The van der Waals surface area contributed by atoms with E-state index < -0.39 is 5.97 Å². The van der Waals surface area contributed by atoms with Crippen LogP contribution in [0.15, 0.2) is 42.1 Å². The molecule has 3 heterocycles. The first-order valence-electron chi connectivity index (χ1n) is 8.27. The van der Waals surface area contributed by atoms with E-state index >= 15 is 0 Å². The smallest absolute Gasteiger partial charge is 0.335 e. The molecule has 0 amide bonds. The molecule has 0 bridgehead atoms. The van der Waals surface area contributed by atoms with Crippen molar-refractivity contribution in [2.24, 2.45) is 0 Å². The summed E-state index contributed by atoms with van der Waals surface area (Å²) in [7, 11) is 2.15. The predicted octanol–water partition coefficient (Wildman–Crippen LogP) is 4.08. The van der Waals surface area contributed by atoms with Crippen molar-refractivity contribution >= 4 is 36.2 Å². The molecule has 0 spiro atoms. The predicted molar refractivity (Wildman–Crippen MR) is 103 cm³/mol. The highest BCUT2D eigenvalue weighted by atomic mass is 35.5. The maximum absolute atomic E-state index is 11.4. The Hall–Kier alpha value is -2.30. The molecule has 0 radical (unpaired) electrons. The first-order valence-corrected chi connectivity index (χ1v) is 8.27. The van der Waals surface area contributed by atoms with Gasteiger partial charge in [0.1, 0.15) is 0 Å². The number of aromatic carboxylic acids is 1. The Bertz CT molecular complexity index is 870. The van der Waals surface area contributed by atoms with Crippen molar-refractivity contribution in [1.82, 2.24) is 9.47 Å². The molecule has 2 aromatic rings. The number of hydrogen-bond acceptors (Lipinski definition) is 2. The minimum Gasteiger partial charge on any atom is -0.478 e. The molecule has 1 N–H and O–H groups in total. The fraction of sp³-hybridized carbons (Fsp3) is 0.250. The summed E-state index contributed by atoms with van der Waals surface area (Å²) >= 11 is 0. The lowest BCUT2D eigenvalue weighted by Gasteiger charge is -2.27. The van der Waals surface area contributed by atoms with Gasteiger partial charge >= 0.3 is 5.97 Å². The zero-order chi connectivity index (χ0) is 16.7. The Morgan fingerprint density at radius 3 is 2.64 bits per heavy atom. The van der Waals surface area contributed by atoms with Gasteiger partial charge in [-0.05, 0) is 61.4 Å². The molecule has 25 heavy (non-hydrogen) atoms. The van der Waals surface area contributed by atoms with Gasteiger partial charge in [-0.3, -0.25) is 0 Å². The zero-order valence-corrected chi connectivity index (χ0v) is 14.9. The van der Waals surface area contributed by atoms with Crippen LogP contribution in [0.1, 0.15) is 40.0 Å². The number of carboxylic acids is 1. The van der Waals surface area contributed by atoms with Crippen LogP contribution < -0.4 is 0 Å².